The van der Waals surface area contributed by atoms with E-state index in [9.17, 15) is 40.2 Å². The molecule has 0 radical (unpaired) electrons. The Kier molecular flexibility index (Phi) is 6.70. The molecule has 2 aromatic carbocycles. The number of carboxylic acid groups (broad SMARTS) is 1. The van der Waals surface area contributed by atoms with Crippen LogP contribution in [0.3, 0.4) is 0 Å². The Labute approximate surface area is 201 Å². The number of aliphatic hydroxyl groups is 2. The number of fused-ring (bicyclic) bond motifs is 1. The largest absolute Gasteiger partial charge is 0.507 e. The second kappa shape index (κ2) is 9.73. The van der Waals surface area contributed by atoms with E-state index in [1.54, 1.807) is 0 Å². The number of carbonyl (C=O) groups is 2. The smallest absolute Gasteiger partial charge is 0.402 e. The van der Waals surface area contributed by atoms with E-state index in [-0.39, 0.29) is 39.5 Å². The summed E-state index contributed by atoms with van der Waals surface area (Å²) in [6.07, 6.45) is -6.90. The number of rotatable bonds is 7. The number of phenols is 4. The summed E-state index contributed by atoms with van der Waals surface area (Å²) in [6, 6.07) is 7.28. The molecule has 13 heteroatoms. The minimum atomic E-state index is -1.64. The lowest BCUT2D eigenvalue weighted by Gasteiger charge is -2.16. The molecule has 190 valence electrons. The summed E-state index contributed by atoms with van der Waals surface area (Å²) in [7, 11) is 0. The SMILES string of the molecule is O=C(O)CC(=O)OC[C@H]1O[C@H](Oc2cc3c(O)cc(O)cc3[o+]c2-c2ccc(O)c(O)c2)[C@@H](O)[C@@H]1O. The Morgan fingerprint density at radius 1 is 0.944 bits per heavy atom. The third-order valence-corrected chi connectivity index (χ3v) is 5.32. The van der Waals surface area contributed by atoms with Crippen molar-refractivity contribution >= 4 is 22.9 Å². The first-order chi connectivity index (χ1) is 17.0. The van der Waals surface area contributed by atoms with E-state index < -0.39 is 61.1 Å². The molecule has 0 bridgehead atoms. The van der Waals surface area contributed by atoms with Crippen molar-refractivity contribution in [3.63, 3.8) is 0 Å². The van der Waals surface area contributed by atoms with Gasteiger partial charge >= 0.3 is 23.3 Å². The highest BCUT2D eigenvalue weighted by atomic mass is 16.7. The van der Waals surface area contributed by atoms with Crippen molar-refractivity contribution in [2.24, 2.45) is 0 Å². The van der Waals surface area contributed by atoms with Gasteiger partial charge in [0.1, 0.15) is 48.2 Å². The molecular formula is C23H21O13+. The summed E-state index contributed by atoms with van der Waals surface area (Å²) in [5.41, 5.74) is 0.218. The quantitative estimate of drug-likeness (QED) is 0.104. The van der Waals surface area contributed by atoms with Gasteiger partial charge < -0.3 is 50.0 Å². The highest BCUT2D eigenvalue weighted by Gasteiger charge is 2.46. The van der Waals surface area contributed by atoms with E-state index in [0.717, 1.165) is 12.1 Å². The predicted octanol–water partition coefficient (Wildman–Crippen LogP) is 1.05. The van der Waals surface area contributed by atoms with Gasteiger partial charge in [0.15, 0.2) is 11.5 Å². The van der Waals surface area contributed by atoms with Gasteiger partial charge in [-0.25, -0.2) is 4.42 Å². The summed E-state index contributed by atoms with van der Waals surface area (Å²) in [5.74, 6) is -4.22. The number of esters is 1. The summed E-state index contributed by atoms with van der Waals surface area (Å²) in [6.45, 7) is -0.564. The maximum atomic E-state index is 11.5. The van der Waals surface area contributed by atoms with Crippen molar-refractivity contribution in [2.75, 3.05) is 6.61 Å². The van der Waals surface area contributed by atoms with Crippen LogP contribution in [0, 0.1) is 0 Å². The number of aliphatic hydroxyl groups excluding tert-OH is 2. The number of benzene rings is 2. The molecule has 3 aromatic rings. The van der Waals surface area contributed by atoms with Crippen LogP contribution in [0.2, 0.25) is 0 Å². The van der Waals surface area contributed by atoms with Crippen LogP contribution in [-0.4, -0.2) is 78.9 Å². The number of carboxylic acids is 1. The second-order valence-electron chi connectivity index (χ2n) is 7.92. The van der Waals surface area contributed by atoms with Crippen LogP contribution < -0.4 is 4.74 Å². The van der Waals surface area contributed by atoms with Crippen LogP contribution in [0.25, 0.3) is 22.3 Å². The first kappa shape index (κ1) is 24.8. The van der Waals surface area contributed by atoms with Crippen molar-refractivity contribution in [1.82, 2.24) is 0 Å². The predicted molar refractivity (Wildman–Crippen MR) is 117 cm³/mol. The Balaban J connectivity index is 1.66. The molecule has 1 fully saturated rings. The molecule has 0 amide bonds. The van der Waals surface area contributed by atoms with Crippen LogP contribution >= 0.6 is 0 Å². The van der Waals surface area contributed by atoms with E-state index in [2.05, 4.69) is 0 Å². The molecule has 1 saturated heterocycles. The van der Waals surface area contributed by atoms with Crippen LogP contribution in [0.4, 0.5) is 0 Å². The Bertz CT molecular complexity index is 1320. The van der Waals surface area contributed by atoms with Gasteiger partial charge in [-0.05, 0) is 12.1 Å². The highest BCUT2D eigenvalue weighted by molar-refractivity contribution is 5.90. The topological polar surface area (TPSA) is 215 Å². The van der Waals surface area contributed by atoms with Gasteiger partial charge in [0.25, 0.3) is 0 Å². The van der Waals surface area contributed by atoms with E-state index >= 15 is 0 Å². The molecule has 4 atom stereocenters. The van der Waals surface area contributed by atoms with Gasteiger partial charge in [-0.1, -0.05) is 0 Å². The fraction of sp³-hybridized carbons (Fsp3) is 0.261. The normalized spacial score (nSPS) is 21.4. The van der Waals surface area contributed by atoms with Gasteiger partial charge in [0.05, 0.1) is 11.6 Å². The summed E-state index contributed by atoms with van der Waals surface area (Å²) in [5, 5.41) is 69.0. The molecule has 1 aliphatic rings. The first-order valence-corrected chi connectivity index (χ1v) is 10.4. The number of hydrogen-bond donors (Lipinski definition) is 7. The van der Waals surface area contributed by atoms with E-state index in [4.69, 9.17) is 23.7 Å². The number of hydrogen-bond acceptors (Lipinski definition) is 11. The molecule has 36 heavy (non-hydrogen) atoms. The molecule has 0 aliphatic carbocycles. The zero-order valence-electron chi connectivity index (χ0n) is 18.3. The summed E-state index contributed by atoms with van der Waals surface area (Å²) >= 11 is 0. The van der Waals surface area contributed by atoms with Gasteiger partial charge in [-0.2, -0.15) is 0 Å². The summed E-state index contributed by atoms with van der Waals surface area (Å²) < 4.78 is 21.7. The fourth-order valence-electron chi connectivity index (χ4n) is 3.56. The molecular weight excluding hydrogens is 484 g/mol. The molecule has 1 aromatic heterocycles. The molecule has 7 N–H and O–H groups in total. The van der Waals surface area contributed by atoms with E-state index in [0.29, 0.717) is 0 Å². The van der Waals surface area contributed by atoms with Crippen molar-refractivity contribution in [3.8, 4) is 40.1 Å². The third kappa shape index (κ3) is 5.02. The number of aliphatic carboxylic acids is 1. The molecule has 0 spiro atoms. The van der Waals surface area contributed by atoms with Crippen LogP contribution in [0.5, 0.6) is 28.7 Å². The number of phenolic OH excluding ortho intramolecular Hbond substituents is 4. The molecule has 0 unspecified atom stereocenters. The van der Waals surface area contributed by atoms with Crippen LogP contribution in [-0.2, 0) is 19.1 Å². The van der Waals surface area contributed by atoms with Crippen molar-refractivity contribution in [2.45, 2.75) is 31.0 Å². The Morgan fingerprint density at radius 2 is 1.69 bits per heavy atom. The van der Waals surface area contributed by atoms with Crippen LogP contribution in [0.1, 0.15) is 6.42 Å². The molecule has 4 rings (SSSR count). The van der Waals surface area contributed by atoms with Crippen molar-refractivity contribution < 1.29 is 64.0 Å². The van der Waals surface area contributed by atoms with Crippen LogP contribution in [0.15, 0.2) is 40.8 Å². The van der Waals surface area contributed by atoms with Gasteiger partial charge in [-0.15, -0.1) is 0 Å². The van der Waals surface area contributed by atoms with E-state index in [1.807, 2.05) is 0 Å². The number of carbonyl (C=O) groups excluding carboxylic acids is 1. The molecule has 0 saturated carbocycles. The molecule has 1 aliphatic heterocycles. The minimum absolute atomic E-state index is 0.0264. The fourth-order valence-corrected chi connectivity index (χ4v) is 3.56. The Hall–Kier alpha value is -4.33. The maximum Gasteiger partial charge on any atom is 0.402 e. The number of ether oxygens (including phenoxy) is 3. The maximum absolute atomic E-state index is 11.5. The van der Waals surface area contributed by atoms with Gasteiger partial charge in [0.2, 0.25) is 12.0 Å². The summed E-state index contributed by atoms with van der Waals surface area (Å²) in [4.78, 5) is 22.1. The first-order valence-electron chi connectivity index (χ1n) is 10.4. The third-order valence-electron chi connectivity index (χ3n) is 5.32. The molecule has 2 heterocycles. The Morgan fingerprint density at radius 3 is 2.39 bits per heavy atom. The van der Waals surface area contributed by atoms with Crippen molar-refractivity contribution in [3.05, 3.63) is 36.4 Å². The van der Waals surface area contributed by atoms with E-state index in [1.165, 1.54) is 24.3 Å². The minimum Gasteiger partial charge on any atom is -0.507 e. The van der Waals surface area contributed by atoms with Gasteiger partial charge in [-0.3, -0.25) is 9.59 Å². The second-order valence-corrected chi connectivity index (χ2v) is 7.92. The lowest BCUT2D eigenvalue weighted by molar-refractivity contribution is -0.158. The highest BCUT2D eigenvalue weighted by Crippen LogP contribution is 2.42. The monoisotopic (exact) mass is 505 g/mol. The van der Waals surface area contributed by atoms with Gasteiger partial charge in [0, 0.05) is 18.2 Å². The van der Waals surface area contributed by atoms with Crippen molar-refractivity contribution in [1.29, 1.82) is 0 Å². The molecule has 13 nitrogen and oxygen atoms in total. The zero-order valence-corrected chi connectivity index (χ0v) is 18.3. The average Bonchev–Trinajstić information content (AvgIpc) is 3.07. The number of aromatic hydroxyl groups is 4. The average molecular weight is 505 g/mol. The standard InChI is InChI=1S/C23H20O13/c24-10-4-13(26)11-6-16(22(34-15(11)5-10)9-1-2-12(25)14(27)3-9)35-23-21(32)20(31)17(36-23)8-33-19(30)7-18(28)29/h1-6,17,20-21,23,31-32H,7-8H2,(H4-,24,25,26,27,28,29)/p+1/t17-,20-,21+,23+/m1/s1. The zero-order chi connectivity index (χ0) is 26.1. The lowest BCUT2D eigenvalue weighted by atomic mass is 10.1. The lowest BCUT2D eigenvalue weighted by Crippen LogP contribution is -2.36.